The minimum Gasteiger partial charge on any atom is -0.378 e. The number of halogens is 5. The highest BCUT2D eigenvalue weighted by Gasteiger charge is 2.30. The second-order valence-corrected chi connectivity index (χ2v) is 5.47. The van der Waals surface area contributed by atoms with E-state index < -0.39 is 17.6 Å². The van der Waals surface area contributed by atoms with Crippen LogP contribution in [0.2, 0.25) is 0 Å². The number of benzene rings is 2. The molecule has 0 fully saturated rings. The molecule has 0 aliphatic carbocycles. The molecule has 0 radical (unpaired) electrons. The van der Waals surface area contributed by atoms with Gasteiger partial charge in [-0.1, -0.05) is 12.1 Å². The van der Waals surface area contributed by atoms with Crippen LogP contribution in [-0.4, -0.2) is 0 Å². The molecule has 0 saturated carbocycles. The summed E-state index contributed by atoms with van der Waals surface area (Å²) in [6, 6.07) is 9.14. The van der Waals surface area contributed by atoms with E-state index in [0.717, 1.165) is 12.1 Å². The number of hydrogen-bond acceptors (Lipinski definition) is 1. The van der Waals surface area contributed by atoms with Crippen LogP contribution in [-0.2, 0) is 6.18 Å². The van der Waals surface area contributed by atoms with E-state index >= 15 is 0 Å². The van der Waals surface area contributed by atoms with Gasteiger partial charge in [-0.05, 0) is 58.7 Å². The van der Waals surface area contributed by atoms with Gasteiger partial charge in [0.25, 0.3) is 0 Å². The molecule has 2 aromatic rings. The third kappa shape index (κ3) is 3.97. The molecule has 0 saturated heterocycles. The first-order valence-electron chi connectivity index (χ1n) is 6.16. The molecule has 1 N–H and O–H groups in total. The van der Waals surface area contributed by atoms with Crippen molar-refractivity contribution in [1.29, 1.82) is 0 Å². The smallest absolute Gasteiger partial charge is 0.378 e. The first kappa shape index (κ1) is 15.8. The number of anilines is 1. The zero-order chi connectivity index (χ0) is 15.6. The second-order valence-electron chi connectivity index (χ2n) is 4.62. The summed E-state index contributed by atoms with van der Waals surface area (Å²) < 4.78 is 51.5. The minimum atomic E-state index is -4.37. The van der Waals surface area contributed by atoms with Crippen molar-refractivity contribution in [3.05, 3.63) is 63.9 Å². The van der Waals surface area contributed by atoms with Crippen LogP contribution in [0.5, 0.6) is 0 Å². The largest absolute Gasteiger partial charge is 0.416 e. The molecule has 0 spiro atoms. The molecule has 2 aromatic carbocycles. The molecule has 0 bridgehead atoms. The van der Waals surface area contributed by atoms with E-state index in [0.29, 0.717) is 15.7 Å². The maximum Gasteiger partial charge on any atom is 0.416 e. The lowest BCUT2D eigenvalue weighted by atomic mass is 10.0. The Labute approximate surface area is 128 Å². The molecular weight excluding hydrogens is 350 g/mol. The molecule has 1 atom stereocenters. The van der Waals surface area contributed by atoms with Crippen LogP contribution in [0.3, 0.4) is 0 Å². The minimum absolute atomic E-state index is 0.295. The Morgan fingerprint density at radius 1 is 1.10 bits per heavy atom. The number of hydrogen-bond donors (Lipinski definition) is 1. The summed E-state index contributed by atoms with van der Waals surface area (Å²) in [6.07, 6.45) is -4.37. The summed E-state index contributed by atoms with van der Waals surface area (Å²) in [7, 11) is 0. The lowest BCUT2D eigenvalue weighted by molar-refractivity contribution is -0.137. The first-order valence-corrected chi connectivity index (χ1v) is 6.95. The standard InChI is InChI=1S/C15H12BrF4N/c1-9(21-12-5-6-14(17)13(16)8-12)10-3-2-4-11(7-10)15(18,19)20/h2-9,21H,1H3. The molecular formula is C15H12BrF4N. The van der Waals surface area contributed by atoms with Crippen molar-refractivity contribution in [3.63, 3.8) is 0 Å². The quantitative estimate of drug-likeness (QED) is 0.683. The molecule has 0 amide bonds. The Morgan fingerprint density at radius 3 is 2.43 bits per heavy atom. The lowest BCUT2D eigenvalue weighted by Gasteiger charge is -2.17. The summed E-state index contributed by atoms with van der Waals surface area (Å²) >= 11 is 3.07. The van der Waals surface area contributed by atoms with Gasteiger partial charge in [-0.25, -0.2) is 4.39 Å². The molecule has 0 aliphatic heterocycles. The summed E-state index contributed by atoms with van der Waals surface area (Å²) in [5, 5.41) is 3.04. The summed E-state index contributed by atoms with van der Waals surface area (Å²) in [4.78, 5) is 0. The molecule has 0 aromatic heterocycles. The van der Waals surface area contributed by atoms with Crippen LogP contribution in [0.15, 0.2) is 46.9 Å². The van der Waals surface area contributed by atoms with Crippen molar-refractivity contribution in [2.75, 3.05) is 5.32 Å². The van der Waals surface area contributed by atoms with E-state index in [4.69, 9.17) is 0 Å². The molecule has 1 unspecified atom stereocenters. The summed E-state index contributed by atoms with van der Waals surface area (Å²) in [5.41, 5.74) is 0.437. The van der Waals surface area contributed by atoms with E-state index in [2.05, 4.69) is 21.2 Å². The van der Waals surface area contributed by atoms with Crippen LogP contribution in [0, 0.1) is 5.82 Å². The normalized spacial score (nSPS) is 13.0. The van der Waals surface area contributed by atoms with Gasteiger partial charge in [-0.2, -0.15) is 13.2 Å². The SMILES string of the molecule is CC(Nc1ccc(F)c(Br)c1)c1cccc(C(F)(F)F)c1. The molecule has 1 nitrogen and oxygen atoms in total. The maximum atomic E-state index is 13.1. The Balaban J connectivity index is 2.20. The molecule has 0 aliphatic rings. The van der Waals surface area contributed by atoms with Gasteiger partial charge in [0.05, 0.1) is 10.0 Å². The highest BCUT2D eigenvalue weighted by atomic mass is 79.9. The monoisotopic (exact) mass is 361 g/mol. The Morgan fingerprint density at radius 2 is 1.81 bits per heavy atom. The van der Waals surface area contributed by atoms with Gasteiger partial charge in [0.2, 0.25) is 0 Å². The topological polar surface area (TPSA) is 12.0 Å². The van der Waals surface area contributed by atoms with E-state index in [-0.39, 0.29) is 6.04 Å². The van der Waals surface area contributed by atoms with Gasteiger partial charge in [-0.15, -0.1) is 0 Å². The van der Waals surface area contributed by atoms with Crippen LogP contribution in [0.4, 0.5) is 23.2 Å². The maximum absolute atomic E-state index is 13.1. The van der Waals surface area contributed by atoms with Gasteiger partial charge in [0.1, 0.15) is 5.82 Å². The molecule has 112 valence electrons. The van der Waals surface area contributed by atoms with Gasteiger partial charge in [0, 0.05) is 11.7 Å². The highest BCUT2D eigenvalue weighted by Crippen LogP contribution is 2.31. The fourth-order valence-corrected chi connectivity index (χ4v) is 2.28. The number of nitrogens with one attached hydrogen (secondary N) is 1. The van der Waals surface area contributed by atoms with Gasteiger partial charge in [-0.3, -0.25) is 0 Å². The van der Waals surface area contributed by atoms with Crippen LogP contribution >= 0.6 is 15.9 Å². The van der Waals surface area contributed by atoms with Gasteiger partial charge in [0.15, 0.2) is 0 Å². The van der Waals surface area contributed by atoms with Crippen molar-refractivity contribution >= 4 is 21.6 Å². The van der Waals surface area contributed by atoms with Crippen molar-refractivity contribution in [1.82, 2.24) is 0 Å². The first-order chi connectivity index (χ1) is 9.77. The second kappa shape index (κ2) is 6.05. The van der Waals surface area contributed by atoms with Crippen LogP contribution < -0.4 is 5.32 Å². The zero-order valence-electron chi connectivity index (χ0n) is 11.0. The third-order valence-corrected chi connectivity index (χ3v) is 3.62. The van der Waals surface area contributed by atoms with E-state index in [1.54, 1.807) is 19.1 Å². The average molecular weight is 362 g/mol. The lowest BCUT2D eigenvalue weighted by Crippen LogP contribution is -2.10. The molecule has 6 heteroatoms. The van der Waals surface area contributed by atoms with Crippen LogP contribution in [0.25, 0.3) is 0 Å². The van der Waals surface area contributed by atoms with Crippen molar-refractivity contribution in [3.8, 4) is 0 Å². The Kier molecular flexibility index (Phi) is 4.56. The summed E-state index contributed by atoms with van der Waals surface area (Å²) in [5.74, 6) is -0.396. The van der Waals surface area contributed by atoms with E-state index in [1.165, 1.54) is 18.2 Å². The Bertz CT molecular complexity index is 640. The van der Waals surface area contributed by atoms with Crippen molar-refractivity contribution in [2.24, 2.45) is 0 Å². The summed E-state index contributed by atoms with van der Waals surface area (Å²) in [6.45, 7) is 1.74. The van der Waals surface area contributed by atoms with E-state index in [1.807, 2.05) is 0 Å². The van der Waals surface area contributed by atoms with E-state index in [9.17, 15) is 17.6 Å². The van der Waals surface area contributed by atoms with Crippen LogP contribution in [0.1, 0.15) is 24.1 Å². The highest BCUT2D eigenvalue weighted by molar-refractivity contribution is 9.10. The molecule has 21 heavy (non-hydrogen) atoms. The van der Waals surface area contributed by atoms with Crippen molar-refractivity contribution in [2.45, 2.75) is 19.1 Å². The van der Waals surface area contributed by atoms with Gasteiger partial charge >= 0.3 is 6.18 Å². The predicted molar refractivity (Wildman–Crippen MR) is 77.6 cm³/mol. The van der Waals surface area contributed by atoms with Gasteiger partial charge < -0.3 is 5.32 Å². The predicted octanol–water partition coefficient (Wildman–Crippen LogP) is 5.78. The number of rotatable bonds is 3. The number of alkyl halides is 3. The fraction of sp³-hybridized carbons (Fsp3) is 0.200. The molecule has 0 heterocycles. The molecule has 2 rings (SSSR count). The average Bonchev–Trinajstić information content (AvgIpc) is 2.42. The zero-order valence-corrected chi connectivity index (χ0v) is 12.6. The third-order valence-electron chi connectivity index (χ3n) is 3.02. The van der Waals surface area contributed by atoms with Crippen molar-refractivity contribution < 1.29 is 17.6 Å². The Hall–Kier alpha value is -1.56. The fourth-order valence-electron chi connectivity index (χ4n) is 1.90.